The van der Waals surface area contributed by atoms with Crippen molar-refractivity contribution in [1.29, 1.82) is 0 Å². The molecule has 0 amide bonds. The van der Waals surface area contributed by atoms with Crippen LogP contribution in [0.5, 0.6) is 0 Å². The zero-order valence-corrected chi connectivity index (χ0v) is 16.5. The number of halogens is 2. The van der Waals surface area contributed by atoms with E-state index in [0.29, 0.717) is 4.57 Å². The van der Waals surface area contributed by atoms with Crippen LogP contribution in [0.15, 0.2) is 17.1 Å². The lowest BCUT2D eigenvalue weighted by Gasteiger charge is -2.22. The molecule has 0 aliphatic carbocycles. The molecule has 5 unspecified atom stereocenters. The van der Waals surface area contributed by atoms with Crippen LogP contribution < -0.4 is 11.4 Å². The number of hydrogen-bond donors (Lipinski definition) is 5. The van der Waals surface area contributed by atoms with Gasteiger partial charge in [0.1, 0.15) is 12.4 Å². The van der Waals surface area contributed by atoms with Gasteiger partial charge in [-0.15, -0.1) is 0 Å². The van der Waals surface area contributed by atoms with Crippen LogP contribution in [0.25, 0.3) is 0 Å². The van der Waals surface area contributed by atoms with Crippen LogP contribution in [0.4, 0.5) is 14.6 Å². The van der Waals surface area contributed by atoms with Gasteiger partial charge in [0.05, 0.1) is 0 Å². The third kappa shape index (κ3) is 6.98. The van der Waals surface area contributed by atoms with Crippen molar-refractivity contribution in [2.24, 2.45) is 0 Å². The maximum absolute atomic E-state index is 14.6. The fourth-order valence-electron chi connectivity index (χ4n) is 2.16. The molecule has 29 heavy (non-hydrogen) atoms. The third-order valence-corrected chi connectivity index (χ3v) is 6.91. The monoisotopic (exact) mass is 487 g/mol. The van der Waals surface area contributed by atoms with E-state index in [4.69, 9.17) is 25.2 Å². The molecule has 2 heterocycles. The summed E-state index contributed by atoms with van der Waals surface area (Å²) in [6, 6.07) is 1.10. The molecular formula is C9H14F2N3O12P3. The van der Waals surface area contributed by atoms with Gasteiger partial charge in [-0.2, -0.15) is 13.6 Å². The lowest BCUT2D eigenvalue weighted by molar-refractivity contribution is -0.177. The van der Waals surface area contributed by atoms with Gasteiger partial charge in [0.25, 0.3) is 0 Å². The van der Waals surface area contributed by atoms with Crippen molar-refractivity contribution in [2.75, 3.05) is 12.3 Å². The number of nitrogens with zero attached hydrogens (tertiary/aromatic N) is 2. The lowest BCUT2D eigenvalue weighted by atomic mass is 10.2. The van der Waals surface area contributed by atoms with Crippen molar-refractivity contribution in [3.8, 4) is 0 Å². The first kappa shape index (κ1) is 24.2. The summed E-state index contributed by atoms with van der Waals surface area (Å²) >= 11 is 0. The quantitative estimate of drug-likeness (QED) is 0.306. The van der Waals surface area contributed by atoms with Crippen molar-refractivity contribution < 1.29 is 59.9 Å². The molecule has 1 aromatic rings. The highest BCUT2D eigenvalue weighted by Gasteiger charge is 2.51. The number of phosphoric ester groups is 1. The van der Waals surface area contributed by atoms with Gasteiger partial charge >= 0.3 is 29.2 Å². The van der Waals surface area contributed by atoms with E-state index in [1.807, 2.05) is 0 Å². The Morgan fingerprint density at radius 3 is 2.45 bits per heavy atom. The standard InChI is InChI=1S/C9H14F2N3O12P3/c10-5-3-9(11,24-7(5)14-2-1-6(12)13-8(14)15)4-23-28(19,20)26-29(21,22)25-27(16,17)18/h1-2,5,7H,3-4H2,(H,19,20)(H,21,22)(H2,12,13,15)(H2,16,17,18). The average molecular weight is 487 g/mol. The number of rotatable bonds is 8. The summed E-state index contributed by atoms with van der Waals surface area (Å²) in [5.74, 6) is -3.30. The van der Waals surface area contributed by atoms with E-state index >= 15 is 0 Å². The summed E-state index contributed by atoms with van der Waals surface area (Å²) in [6.45, 7) is -1.54. The summed E-state index contributed by atoms with van der Waals surface area (Å²) in [4.78, 5) is 50.1. The highest BCUT2D eigenvalue weighted by Crippen LogP contribution is 2.66. The molecule has 20 heteroatoms. The highest BCUT2D eigenvalue weighted by molar-refractivity contribution is 7.66. The number of anilines is 1. The number of hydrogen-bond acceptors (Lipinski definition) is 10. The van der Waals surface area contributed by atoms with Crippen LogP contribution in [0.3, 0.4) is 0 Å². The summed E-state index contributed by atoms with van der Waals surface area (Å²) < 4.78 is 78.3. The van der Waals surface area contributed by atoms with Gasteiger partial charge in [-0.05, 0) is 6.07 Å². The van der Waals surface area contributed by atoms with Gasteiger partial charge < -0.3 is 30.0 Å². The zero-order valence-electron chi connectivity index (χ0n) is 13.8. The van der Waals surface area contributed by atoms with Crippen LogP contribution >= 0.6 is 23.5 Å². The predicted molar refractivity (Wildman–Crippen MR) is 86.2 cm³/mol. The number of alkyl halides is 2. The van der Waals surface area contributed by atoms with Crippen molar-refractivity contribution >= 4 is 29.3 Å². The van der Waals surface area contributed by atoms with Gasteiger partial charge in [0.15, 0.2) is 12.4 Å². The molecule has 1 aromatic heterocycles. The molecule has 6 N–H and O–H groups in total. The molecule has 0 radical (unpaired) electrons. The van der Waals surface area contributed by atoms with E-state index in [0.717, 1.165) is 12.3 Å². The van der Waals surface area contributed by atoms with Crippen LogP contribution in [0.1, 0.15) is 12.6 Å². The zero-order chi connectivity index (χ0) is 22.3. The molecule has 1 saturated heterocycles. The fraction of sp³-hybridized carbons (Fsp3) is 0.556. The smallest absolute Gasteiger partial charge is 0.383 e. The van der Waals surface area contributed by atoms with Crippen LogP contribution in [0.2, 0.25) is 0 Å². The largest absolute Gasteiger partial charge is 0.490 e. The Balaban J connectivity index is 2.06. The summed E-state index contributed by atoms with van der Waals surface area (Å²) in [7, 11) is -17.1. The molecule has 1 aliphatic heterocycles. The first-order chi connectivity index (χ1) is 13.0. The molecular weight excluding hydrogens is 473 g/mol. The Bertz CT molecular complexity index is 969. The predicted octanol–water partition coefficient (Wildman–Crippen LogP) is 0.0916. The minimum Gasteiger partial charge on any atom is -0.383 e. The molecule has 0 bridgehead atoms. The average Bonchev–Trinajstić information content (AvgIpc) is 2.77. The summed E-state index contributed by atoms with van der Waals surface area (Å²) in [6.07, 6.45) is -4.11. The molecule has 1 fully saturated rings. The van der Waals surface area contributed by atoms with Gasteiger partial charge in [-0.1, -0.05) is 0 Å². The molecule has 2 rings (SSSR count). The van der Waals surface area contributed by atoms with Crippen molar-refractivity contribution in [3.05, 3.63) is 22.7 Å². The van der Waals surface area contributed by atoms with Crippen molar-refractivity contribution in [3.63, 3.8) is 0 Å². The third-order valence-electron chi connectivity index (χ3n) is 3.13. The van der Waals surface area contributed by atoms with E-state index in [2.05, 4.69) is 18.1 Å². The van der Waals surface area contributed by atoms with Gasteiger partial charge in [-0.3, -0.25) is 9.09 Å². The Labute approximate surface area is 159 Å². The van der Waals surface area contributed by atoms with E-state index in [9.17, 15) is 32.2 Å². The first-order valence-electron chi connectivity index (χ1n) is 7.15. The molecule has 166 valence electrons. The number of phosphoric acid groups is 3. The molecule has 1 aliphatic rings. The number of ether oxygens (including phenoxy) is 1. The maximum atomic E-state index is 14.6. The van der Waals surface area contributed by atoms with Gasteiger partial charge in [0, 0.05) is 12.6 Å². The Kier molecular flexibility index (Phi) is 6.85. The first-order valence-corrected chi connectivity index (χ1v) is 11.7. The Morgan fingerprint density at radius 1 is 1.28 bits per heavy atom. The number of nitrogens with two attached hydrogens (primary N) is 1. The fourth-order valence-corrected chi connectivity index (χ4v) is 5.21. The summed E-state index contributed by atoms with van der Waals surface area (Å²) in [5, 5.41) is 0. The second-order valence-corrected chi connectivity index (χ2v) is 9.94. The van der Waals surface area contributed by atoms with Crippen molar-refractivity contribution in [1.82, 2.24) is 9.55 Å². The topological polar surface area (TPSA) is 230 Å². The summed E-state index contributed by atoms with van der Waals surface area (Å²) in [5.41, 5.74) is 4.20. The highest BCUT2D eigenvalue weighted by atomic mass is 31.3. The second-order valence-electron chi connectivity index (χ2n) is 5.52. The SMILES string of the molecule is Nc1ccn(C2OC(F)(COP(=O)(O)OP(=O)(O)OP(=O)(O)O)CC2F)c(=O)n1. The minimum absolute atomic E-state index is 0.196. The second kappa shape index (κ2) is 8.21. The molecule has 5 atom stereocenters. The Morgan fingerprint density at radius 2 is 1.90 bits per heavy atom. The van der Waals surface area contributed by atoms with E-state index in [1.54, 1.807) is 0 Å². The number of aromatic nitrogens is 2. The van der Waals surface area contributed by atoms with Crippen LogP contribution in [-0.2, 0) is 31.6 Å². The van der Waals surface area contributed by atoms with E-state index < -0.39 is 60.4 Å². The lowest BCUT2D eigenvalue weighted by Crippen LogP contribution is -2.32. The Hall–Kier alpha value is -1.09. The minimum atomic E-state index is -5.81. The van der Waals surface area contributed by atoms with Crippen molar-refractivity contribution in [2.45, 2.75) is 24.7 Å². The molecule has 15 nitrogen and oxygen atoms in total. The van der Waals surface area contributed by atoms with E-state index in [1.165, 1.54) is 0 Å². The van der Waals surface area contributed by atoms with E-state index in [-0.39, 0.29) is 5.82 Å². The number of nitrogen functional groups attached to an aromatic ring is 1. The van der Waals surface area contributed by atoms with Crippen LogP contribution in [-0.4, -0.2) is 47.8 Å². The molecule has 0 saturated carbocycles. The van der Waals surface area contributed by atoms with Gasteiger partial charge in [-0.25, -0.2) is 27.3 Å². The normalized spacial score (nSPS) is 29.3. The maximum Gasteiger partial charge on any atom is 0.490 e. The molecule has 0 spiro atoms. The van der Waals surface area contributed by atoms with Crippen LogP contribution in [0, 0.1) is 0 Å². The molecule has 0 aromatic carbocycles. The van der Waals surface area contributed by atoms with Gasteiger partial charge in [0.2, 0.25) is 5.85 Å².